The minimum atomic E-state index is -3.72. The van der Waals surface area contributed by atoms with Crippen molar-refractivity contribution in [1.29, 1.82) is 0 Å². The van der Waals surface area contributed by atoms with Crippen molar-refractivity contribution in [3.63, 3.8) is 0 Å². The summed E-state index contributed by atoms with van der Waals surface area (Å²) in [6.07, 6.45) is 2.30. The van der Waals surface area contributed by atoms with E-state index in [0.29, 0.717) is 18.8 Å². The molecule has 2 aromatic rings. The third-order valence-corrected chi connectivity index (χ3v) is 7.84. The quantitative estimate of drug-likeness (QED) is 0.817. The molecule has 9 heteroatoms. The highest BCUT2D eigenvalue weighted by Crippen LogP contribution is 2.38. The van der Waals surface area contributed by atoms with E-state index in [-0.39, 0.29) is 16.0 Å². The molecule has 1 aromatic heterocycles. The zero-order valence-electron chi connectivity index (χ0n) is 16.0. The molecule has 0 radical (unpaired) electrons. The molecule has 0 aliphatic carbocycles. The molecule has 150 valence electrons. The maximum atomic E-state index is 13.3. The number of hydrogen-bond acceptors (Lipinski definition) is 6. The van der Waals surface area contributed by atoms with Crippen LogP contribution in [-0.2, 0) is 23.0 Å². The highest BCUT2D eigenvalue weighted by Gasteiger charge is 2.39. The minimum absolute atomic E-state index is 0.136. The Kier molecular flexibility index (Phi) is 5.30. The average molecular weight is 422 g/mol. The Morgan fingerprint density at radius 3 is 2.75 bits per heavy atom. The molecule has 0 bridgehead atoms. The fraction of sp³-hybridized carbons (Fsp3) is 0.474. The number of aromatic nitrogens is 2. The summed E-state index contributed by atoms with van der Waals surface area (Å²) in [4.78, 5) is 11.9. The Balaban J connectivity index is 1.74. The van der Waals surface area contributed by atoms with E-state index in [1.54, 1.807) is 24.3 Å². The summed E-state index contributed by atoms with van der Waals surface area (Å²) in [6, 6.07) is 6.19. The Hall–Kier alpha value is -1.74. The molecule has 3 heterocycles. The lowest BCUT2D eigenvalue weighted by Crippen LogP contribution is -2.33. The zero-order valence-corrected chi connectivity index (χ0v) is 17.6. The van der Waals surface area contributed by atoms with Crippen LogP contribution in [0.5, 0.6) is 0 Å². The van der Waals surface area contributed by atoms with E-state index in [9.17, 15) is 8.42 Å². The van der Waals surface area contributed by atoms with Gasteiger partial charge in [-0.25, -0.2) is 18.4 Å². The van der Waals surface area contributed by atoms with Gasteiger partial charge in [0.2, 0.25) is 10.0 Å². The zero-order chi connectivity index (χ0) is 19.9. The van der Waals surface area contributed by atoms with Gasteiger partial charge in [0.25, 0.3) is 0 Å². The topological polar surface area (TPSA) is 78.4 Å². The molecule has 4 rings (SSSR count). The first-order valence-electron chi connectivity index (χ1n) is 9.44. The van der Waals surface area contributed by atoms with Crippen molar-refractivity contribution in [2.24, 2.45) is 0 Å². The molecule has 1 atom stereocenters. The maximum absolute atomic E-state index is 13.3. The molecule has 0 saturated carbocycles. The summed E-state index contributed by atoms with van der Waals surface area (Å²) in [5.74, 6) is 1.36. The Morgan fingerprint density at radius 2 is 2.00 bits per heavy atom. The number of fused-ring (bicyclic) bond motifs is 1. The molecule has 2 aliphatic heterocycles. The second-order valence-corrected chi connectivity index (χ2v) is 9.56. The second-order valence-electron chi connectivity index (χ2n) is 7.30. The van der Waals surface area contributed by atoms with Crippen molar-refractivity contribution in [1.82, 2.24) is 19.2 Å². The van der Waals surface area contributed by atoms with Crippen LogP contribution in [-0.4, -0.2) is 54.8 Å². The molecular weight excluding hydrogens is 398 g/mol. The van der Waals surface area contributed by atoms with Gasteiger partial charge in [0, 0.05) is 38.7 Å². The number of rotatable bonds is 4. The van der Waals surface area contributed by atoms with Gasteiger partial charge in [-0.05, 0) is 32.0 Å². The smallest absolute Gasteiger partial charge is 0.245 e. The first-order chi connectivity index (χ1) is 13.4. The van der Waals surface area contributed by atoms with Gasteiger partial charge in [0.15, 0.2) is 0 Å². The first-order valence-corrected chi connectivity index (χ1v) is 11.3. The Bertz CT molecular complexity index is 981. The van der Waals surface area contributed by atoms with Crippen molar-refractivity contribution >= 4 is 27.4 Å². The van der Waals surface area contributed by atoms with Crippen LogP contribution in [0, 0.1) is 0 Å². The molecule has 2 aliphatic rings. The summed E-state index contributed by atoms with van der Waals surface area (Å²) in [6.45, 7) is 2.16. The fourth-order valence-corrected chi connectivity index (χ4v) is 6.14. The van der Waals surface area contributed by atoms with E-state index < -0.39 is 10.0 Å². The Labute approximate surface area is 170 Å². The van der Waals surface area contributed by atoms with Crippen LogP contribution < -0.4 is 5.32 Å². The van der Waals surface area contributed by atoms with E-state index in [1.807, 2.05) is 7.05 Å². The van der Waals surface area contributed by atoms with Crippen LogP contribution >= 0.6 is 11.6 Å². The van der Waals surface area contributed by atoms with E-state index in [1.165, 1.54) is 4.31 Å². The predicted molar refractivity (Wildman–Crippen MR) is 109 cm³/mol. The second kappa shape index (κ2) is 7.59. The van der Waals surface area contributed by atoms with Crippen LogP contribution in [0.25, 0.3) is 0 Å². The molecule has 0 amide bonds. The summed E-state index contributed by atoms with van der Waals surface area (Å²) < 4.78 is 28.1. The summed E-state index contributed by atoms with van der Waals surface area (Å²) in [5, 5.41) is 3.40. The largest absolute Gasteiger partial charge is 0.373 e. The third-order valence-electron chi connectivity index (χ3n) is 5.43. The molecule has 1 saturated heterocycles. The lowest BCUT2D eigenvalue weighted by atomic mass is 10.1. The van der Waals surface area contributed by atoms with Crippen LogP contribution in [0.1, 0.15) is 36.0 Å². The summed E-state index contributed by atoms with van der Waals surface area (Å²) in [7, 11) is 0.192. The molecular formula is C19H24ClN5O2S. The van der Waals surface area contributed by atoms with Gasteiger partial charge in [-0.2, -0.15) is 4.31 Å². The number of sulfonamides is 1. The lowest BCUT2D eigenvalue weighted by Gasteiger charge is -2.28. The van der Waals surface area contributed by atoms with E-state index >= 15 is 0 Å². The maximum Gasteiger partial charge on any atom is 0.245 e. The van der Waals surface area contributed by atoms with E-state index in [2.05, 4.69) is 17.3 Å². The van der Waals surface area contributed by atoms with Gasteiger partial charge in [0.05, 0.1) is 16.8 Å². The molecule has 7 nitrogen and oxygen atoms in total. The number of anilines is 1. The standard InChI is InChI=1S/C19H24ClN5O2S/c1-21-18-13-12-24(2)11-9-15(13)22-19(23-18)16-7-5-10-25(16)28(26,27)17-8-4-3-6-14(17)20/h3-4,6,8,16H,5,7,9-12H2,1-2H3,(H,21,22,23)/t16-/m0/s1. The van der Waals surface area contributed by atoms with Gasteiger partial charge in [0.1, 0.15) is 16.5 Å². The van der Waals surface area contributed by atoms with Crippen LogP contribution in [0.4, 0.5) is 5.82 Å². The van der Waals surface area contributed by atoms with Gasteiger partial charge in [-0.1, -0.05) is 23.7 Å². The number of nitrogens with one attached hydrogen (secondary N) is 1. The van der Waals surface area contributed by atoms with Gasteiger partial charge in [-0.15, -0.1) is 0 Å². The van der Waals surface area contributed by atoms with E-state index in [0.717, 1.165) is 43.0 Å². The summed E-state index contributed by atoms with van der Waals surface area (Å²) in [5.41, 5.74) is 2.10. The van der Waals surface area contributed by atoms with Crippen molar-refractivity contribution in [3.05, 3.63) is 46.4 Å². The molecule has 1 aromatic carbocycles. The van der Waals surface area contributed by atoms with Crippen LogP contribution in [0.3, 0.4) is 0 Å². The minimum Gasteiger partial charge on any atom is -0.373 e. The molecule has 0 unspecified atom stereocenters. The van der Waals surface area contributed by atoms with Gasteiger partial charge in [-0.3, -0.25) is 0 Å². The average Bonchev–Trinajstić information content (AvgIpc) is 3.18. The van der Waals surface area contributed by atoms with Crippen LogP contribution in [0.15, 0.2) is 29.2 Å². The monoisotopic (exact) mass is 421 g/mol. The first kappa shape index (κ1) is 19.6. The van der Waals surface area contributed by atoms with E-state index in [4.69, 9.17) is 21.6 Å². The van der Waals surface area contributed by atoms with Crippen molar-refractivity contribution < 1.29 is 8.42 Å². The lowest BCUT2D eigenvalue weighted by molar-refractivity contribution is 0.307. The number of benzene rings is 1. The highest BCUT2D eigenvalue weighted by molar-refractivity contribution is 7.89. The Morgan fingerprint density at radius 1 is 1.21 bits per heavy atom. The number of nitrogens with zero attached hydrogens (tertiary/aromatic N) is 4. The number of halogens is 1. The molecule has 0 spiro atoms. The molecule has 1 fully saturated rings. The number of hydrogen-bond donors (Lipinski definition) is 1. The SMILES string of the molecule is CNc1nc([C@@H]2CCCN2S(=O)(=O)c2ccccc2Cl)nc2c1CN(C)CC2. The third kappa shape index (κ3) is 3.39. The predicted octanol–water partition coefficient (Wildman–Crippen LogP) is 2.69. The molecule has 28 heavy (non-hydrogen) atoms. The number of likely N-dealkylation sites (N-methyl/N-ethyl adjacent to an activating group) is 1. The van der Waals surface area contributed by atoms with Gasteiger partial charge >= 0.3 is 0 Å². The van der Waals surface area contributed by atoms with Crippen molar-refractivity contribution in [3.8, 4) is 0 Å². The van der Waals surface area contributed by atoms with Crippen molar-refractivity contribution in [2.45, 2.75) is 36.7 Å². The summed E-state index contributed by atoms with van der Waals surface area (Å²) >= 11 is 6.19. The van der Waals surface area contributed by atoms with Gasteiger partial charge < -0.3 is 10.2 Å². The highest BCUT2D eigenvalue weighted by atomic mass is 35.5. The normalized spacial score (nSPS) is 20.9. The fourth-order valence-electron chi connectivity index (χ4n) is 3.99. The van der Waals surface area contributed by atoms with Crippen molar-refractivity contribution in [2.75, 3.05) is 32.5 Å². The van der Waals surface area contributed by atoms with Crippen LogP contribution in [0.2, 0.25) is 5.02 Å². The molecule has 1 N–H and O–H groups in total.